The summed E-state index contributed by atoms with van der Waals surface area (Å²) in [4.78, 5) is 0. The van der Waals surface area contributed by atoms with E-state index in [1.807, 2.05) is 0 Å². The molecule has 0 spiro atoms. The van der Waals surface area contributed by atoms with Gasteiger partial charge in [-0.05, 0) is 12.1 Å². The predicted octanol–water partition coefficient (Wildman–Crippen LogP) is 1.83. The Hall–Kier alpha value is -0.980. The van der Waals surface area contributed by atoms with Crippen molar-refractivity contribution in [3.05, 3.63) is 30.2 Å². The van der Waals surface area contributed by atoms with Crippen LogP contribution in [0.25, 0.3) is 0 Å². The molecule has 0 heterocycles. The Bertz CT molecular complexity index is 230. The molecule has 0 aromatic heterocycles. The van der Waals surface area contributed by atoms with Gasteiger partial charge in [0.25, 0.3) is 0 Å². The van der Waals surface area contributed by atoms with Gasteiger partial charge in [-0.25, -0.2) is 0 Å². The largest absolute Gasteiger partial charge is 0.290 e. The molecule has 0 saturated heterocycles. The molecule has 1 rings (SSSR count). The van der Waals surface area contributed by atoms with E-state index in [9.17, 15) is 5.11 Å². The second kappa shape index (κ2) is 1.65. The maximum Gasteiger partial charge on any atom is 0.178 e. The third-order valence-electron chi connectivity index (χ3n) is 0.477. The van der Waals surface area contributed by atoms with Crippen molar-refractivity contribution in [2.75, 3.05) is 0 Å². The van der Waals surface area contributed by atoms with Crippen LogP contribution in [0.5, 0.6) is 5.75 Å². The third kappa shape index (κ3) is 0.929. The van der Waals surface area contributed by atoms with E-state index in [0.29, 0.717) is 0 Å². The number of hydrogen-bond donors (Lipinski definition) is 0. The molecule has 1 radical (unpaired) electrons. The lowest BCUT2D eigenvalue weighted by atomic mass is 10.3. The van der Waals surface area contributed by atoms with Crippen LogP contribution >= 0.6 is 0 Å². The molecule has 7 heavy (non-hydrogen) atoms. The smallest absolute Gasteiger partial charge is 0.178 e. The van der Waals surface area contributed by atoms with Crippen molar-refractivity contribution in [3.63, 3.8) is 0 Å². The first-order valence-corrected chi connectivity index (χ1v) is 1.70. The summed E-state index contributed by atoms with van der Waals surface area (Å²) in [5.41, 5.74) is 0. The Balaban J connectivity index is 3.60. The van der Waals surface area contributed by atoms with Gasteiger partial charge in [-0.3, -0.25) is 5.11 Å². The molecular formula is C6H5O. The molecule has 0 bridgehead atoms. The Morgan fingerprint density at radius 2 is 1.86 bits per heavy atom. The van der Waals surface area contributed by atoms with Crippen LogP contribution in [-0.4, -0.2) is 0 Å². The summed E-state index contributed by atoms with van der Waals surface area (Å²) in [5, 5.41) is 10.9. The van der Waals surface area contributed by atoms with Crippen LogP contribution in [0.1, 0.15) is 6.85 Å². The maximum absolute atomic E-state index is 10.9. The number of rotatable bonds is 0. The highest BCUT2D eigenvalue weighted by Crippen LogP contribution is 2.04. The van der Waals surface area contributed by atoms with Crippen molar-refractivity contribution in [2.24, 2.45) is 0 Å². The average molecular weight is 98.1 g/mol. The zero-order valence-electron chi connectivity index (χ0n) is 8.41. The van der Waals surface area contributed by atoms with Crippen LogP contribution in [0.15, 0.2) is 30.2 Å². The Morgan fingerprint density at radius 3 is 2.43 bits per heavy atom. The van der Waals surface area contributed by atoms with E-state index in [0.717, 1.165) is 0 Å². The molecule has 0 aliphatic heterocycles. The van der Waals surface area contributed by atoms with E-state index in [1.54, 1.807) is 0 Å². The quantitative estimate of drug-likeness (QED) is 0.471. The summed E-state index contributed by atoms with van der Waals surface area (Å²) < 4.78 is 35.2. The van der Waals surface area contributed by atoms with Gasteiger partial charge in [0.1, 0.15) is 0 Å². The van der Waals surface area contributed by atoms with E-state index >= 15 is 0 Å². The molecule has 1 aromatic carbocycles. The normalized spacial score (nSPS) is 18.6. The minimum atomic E-state index is -0.957. The molecule has 1 heteroatoms. The molecule has 0 aliphatic carbocycles. The summed E-state index contributed by atoms with van der Waals surface area (Å²) in [5.74, 6) is -0.957. The fourth-order valence-corrected chi connectivity index (χ4v) is 0.239. The zero-order chi connectivity index (χ0) is 9.46. The van der Waals surface area contributed by atoms with Crippen molar-refractivity contribution >= 4 is 0 Å². The second-order valence-electron chi connectivity index (χ2n) is 0.954. The molecule has 1 nitrogen and oxygen atoms in total. The van der Waals surface area contributed by atoms with Crippen molar-refractivity contribution < 1.29 is 12.0 Å². The van der Waals surface area contributed by atoms with Crippen molar-refractivity contribution in [2.45, 2.75) is 0 Å². The molecule has 0 aliphatic rings. The lowest BCUT2D eigenvalue weighted by Crippen LogP contribution is -1.54. The highest BCUT2D eigenvalue weighted by Gasteiger charge is 1.78. The van der Waals surface area contributed by atoms with Crippen molar-refractivity contribution in [1.82, 2.24) is 0 Å². The minimum Gasteiger partial charge on any atom is -0.290 e. The van der Waals surface area contributed by atoms with Gasteiger partial charge in [0.15, 0.2) is 5.75 Å². The van der Waals surface area contributed by atoms with Gasteiger partial charge in [0.2, 0.25) is 0 Å². The van der Waals surface area contributed by atoms with Crippen LogP contribution in [0.2, 0.25) is 0 Å². The van der Waals surface area contributed by atoms with Gasteiger partial charge in [-0.1, -0.05) is 18.1 Å². The molecule has 0 saturated carbocycles. The van der Waals surface area contributed by atoms with Crippen LogP contribution in [-0.2, 0) is 5.11 Å². The van der Waals surface area contributed by atoms with E-state index in [1.165, 1.54) is 0 Å². The van der Waals surface area contributed by atoms with Crippen LogP contribution in [0, 0.1) is 0 Å². The van der Waals surface area contributed by atoms with Gasteiger partial charge in [-0.2, -0.15) is 0 Å². The zero-order valence-corrected chi connectivity index (χ0v) is 3.41. The fraction of sp³-hybridized carbons (Fsp3) is 0. The van der Waals surface area contributed by atoms with Crippen LogP contribution < -0.4 is 0 Å². The van der Waals surface area contributed by atoms with Crippen molar-refractivity contribution in [3.8, 4) is 5.75 Å². The summed E-state index contributed by atoms with van der Waals surface area (Å²) >= 11 is 0. The maximum atomic E-state index is 10.9. The average Bonchev–Trinajstić information content (AvgIpc) is 2.08. The van der Waals surface area contributed by atoms with Gasteiger partial charge in [0, 0.05) is 0 Å². The first kappa shape index (κ1) is 1.25. The van der Waals surface area contributed by atoms with E-state index < -0.39 is 36.0 Å². The lowest BCUT2D eigenvalue weighted by molar-refractivity contribution is 0.355. The molecule has 35 valence electrons. The highest BCUT2D eigenvalue weighted by molar-refractivity contribution is 5.18. The first-order valence-electron chi connectivity index (χ1n) is 4.20. The summed E-state index contributed by atoms with van der Waals surface area (Å²) in [6, 6.07) is -3.06. The lowest BCUT2D eigenvalue weighted by Gasteiger charge is -1.77. The first-order chi connectivity index (χ1) is 5.46. The molecule has 0 unspecified atom stereocenters. The Labute approximate surface area is 49.3 Å². The molecule has 0 N–H and O–H groups in total. The summed E-state index contributed by atoms with van der Waals surface area (Å²) in [6.07, 6.45) is 0. The Kier molecular flexibility index (Phi) is 0.294. The van der Waals surface area contributed by atoms with Gasteiger partial charge >= 0.3 is 0 Å². The summed E-state index contributed by atoms with van der Waals surface area (Å²) in [6.45, 7) is 0. The van der Waals surface area contributed by atoms with E-state index in [-0.39, 0.29) is 0 Å². The highest BCUT2D eigenvalue weighted by atomic mass is 16.3. The monoisotopic (exact) mass is 98.1 g/mol. The predicted molar refractivity (Wildman–Crippen MR) is 26.6 cm³/mol. The van der Waals surface area contributed by atoms with Gasteiger partial charge in [-0.15, -0.1) is 0 Å². The number of benzene rings is 1. The van der Waals surface area contributed by atoms with Gasteiger partial charge < -0.3 is 0 Å². The summed E-state index contributed by atoms with van der Waals surface area (Å²) in [7, 11) is 0. The standard InChI is InChI=1S/C6H5O/c7-6-4-2-1-3-5-6/h1-5H/i1D,2D,3D,4D,5D. The molecular weight excluding hydrogens is 88.1 g/mol. The van der Waals surface area contributed by atoms with Crippen LogP contribution in [0.4, 0.5) is 0 Å². The van der Waals surface area contributed by atoms with Crippen LogP contribution in [0.3, 0.4) is 0 Å². The van der Waals surface area contributed by atoms with Crippen molar-refractivity contribution in [1.29, 1.82) is 0 Å². The topological polar surface area (TPSA) is 19.9 Å². The SMILES string of the molecule is [2H]c1c([2H])c([2H])c([O])c([2H])c1[2H]. The number of hydrogen-bond acceptors (Lipinski definition) is 0. The molecule has 1 aromatic rings. The molecule has 0 atom stereocenters. The minimum absolute atomic E-state index is 0.537. The fourth-order valence-electron chi connectivity index (χ4n) is 0.239. The van der Waals surface area contributed by atoms with Gasteiger partial charge in [0.05, 0.1) is 6.85 Å². The molecule has 0 amide bonds. The Morgan fingerprint density at radius 1 is 1.29 bits per heavy atom. The molecule has 0 fully saturated rings. The van der Waals surface area contributed by atoms with E-state index in [4.69, 9.17) is 6.85 Å². The third-order valence-corrected chi connectivity index (χ3v) is 0.477. The second-order valence-corrected chi connectivity index (χ2v) is 0.954. The number of para-hydroxylation sites is 1. The van der Waals surface area contributed by atoms with E-state index in [2.05, 4.69) is 0 Å².